The van der Waals surface area contributed by atoms with Crippen LogP contribution in [0.5, 0.6) is 0 Å². The number of hydrogen-bond acceptors (Lipinski definition) is 4. The summed E-state index contributed by atoms with van der Waals surface area (Å²) >= 11 is 6.28. The maximum absolute atomic E-state index is 14.1. The highest BCUT2D eigenvalue weighted by atomic mass is 35.5. The molecule has 0 fully saturated rings. The van der Waals surface area contributed by atoms with Gasteiger partial charge in [0.1, 0.15) is 12.6 Å². The number of hydrogen-bond donors (Lipinski definition) is 1. The van der Waals surface area contributed by atoms with Gasteiger partial charge >= 0.3 is 6.18 Å². The van der Waals surface area contributed by atoms with E-state index < -0.39 is 51.9 Å². The molecule has 7 nitrogen and oxygen atoms in total. The van der Waals surface area contributed by atoms with Crippen molar-refractivity contribution in [1.29, 1.82) is 0 Å². The van der Waals surface area contributed by atoms with Gasteiger partial charge < -0.3 is 10.2 Å². The largest absolute Gasteiger partial charge is 0.416 e. The Kier molecular flexibility index (Phi) is 11.0. The summed E-state index contributed by atoms with van der Waals surface area (Å²) in [5, 5.41) is 2.48. The first-order valence-corrected chi connectivity index (χ1v) is 15.2. The van der Waals surface area contributed by atoms with Gasteiger partial charge in [-0.15, -0.1) is 0 Å². The van der Waals surface area contributed by atoms with Gasteiger partial charge in [-0.1, -0.05) is 67.9 Å². The summed E-state index contributed by atoms with van der Waals surface area (Å²) in [4.78, 5) is 28.2. The number of rotatable bonds is 12. The monoisotopic (exact) mass is 623 g/mol. The third kappa shape index (κ3) is 7.83. The average Bonchev–Trinajstić information content (AvgIpc) is 2.95. The zero-order valence-corrected chi connectivity index (χ0v) is 25.1. The Hall–Kier alpha value is -3.57. The molecule has 0 aromatic heterocycles. The van der Waals surface area contributed by atoms with E-state index in [-0.39, 0.29) is 22.9 Å². The Balaban J connectivity index is 2.16. The predicted octanol–water partition coefficient (Wildman–Crippen LogP) is 6.20. The highest BCUT2D eigenvalue weighted by molar-refractivity contribution is 7.92. The lowest BCUT2D eigenvalue weighted by Crippen LogP contribution is -2.52. The summed E-state index contributed by atoms with van der Waals surface area (Å²) < 4.78 is 69.3. The number of carbonyl (C=O) groups excluding carboxylic acids is 2. The van der Waals surface area contributed by atoms with Crippen molar-refractivity contribution >= 4 is 39.1 Å². The molecule has 0 aliphatic carbocycles. The molecule has 1 atom stereocenters. The van der Waals surface area contributed by atoms with Crippen LogP contribution in [0.25, 0.3) is 0 Å². The van der Waals surface area contributed by atoms with Gasteiger partial charge in [0.25, 0.3) is 10.0 Å². The van der Waals surface area contributed by atoms with Gasteiger partial charge in [0.2, 0.25) is 11.8 Å². The molecule has 1 unspecified atom stereocenters. The lowest BCUT2D eigenvalue weighted by Gasteiger charge is -2.33. The number of carbonyl (C=O) groups is 2. The van der Waals surface area contributed by atoms with E-state index in [1.807, 2.05) is 26.0 Å². The fourth-order valence-electron chi connectivity index (χ4n) is 4.37. The number of alkyl halides is 3. The Bertz CT molecular complexity index is 1500. The lowest BCUT2D eigenvalue weighted by atomic mass is 10.1. The third-order valence-corrected chi connectivity index (χ3v) is 8.78. The second kappa shape index (κ2) is 14.1. The van der Waals surface area contributed by atoms with Crippen molar-refractivity contribution in [3.63, 3.8) is 0 Å². The molecule has 0 aliphatic rings. The summed E-state index contributed by atoms with van der Waals surface area (Å²) in [6, 6.07) is 15.6. The van der Waals surface area contributed by atoms with E-state index in [1.165, 1.54) is 29.2 Å². The summed E-state index contributed by atoms with van der Waals surface area (Å²) in [5.74, 6) is -1.21. The molecule has 2 amide bonds. The minimum atomic E-state index is -4.80. The molecule has 12 heteroatoms. The first-order valence-electron chi connectivity index (χ1n) is 13.4. The van der Waals surface area contributed by atoms with Crippen molar-refractivity contribution in [3.05, 3.63) is 94.5 Å². The van der Waals surface area contributed by atoms with Gasteiger partial charge in [0.05, 0.1) is 21.2 Å². The minimum absolute atomic E-state index is 0.0287. The highest BCUT2D eigenvalue weighted by Gasteiger charge is 2.37. The van der Waals surface area contributed by atoms with Crippen LogP contribution in [0.15, 0.2) is 77.7 Å². The van der Waals surface area contributed by atoms with Crippen LogP contribution in [-0.4, -0.2) is 44.3 Å². The molecule has 0 saturated carbocycles. The van der Waals surface area contributed by atoms with Gasteiger partial charge in [-0.3, -0.25) is 13.9 Å². The fraction of sp³-hybridized carbons (Fsp3) is 0.333. The normalized spacial score (nSPS) is 12.5. The lowest BCUT2D eigenvalue weighted by molar-refractivity contribution is -0.140. The van der Waals surface area contributed by atoms with E-state index in [9.17, 15) is 31.2 Å². The van der Waals surface area contributed by atoms with Crippen molar-refractivity contribution in [1.82, 2.24) is 10.2 Å². The Labute approximate surface area is 249 Å². The summed E-state index contributed by atoms with van der Waals surface area (Å²) in [6.07, 6.45) is -3.93. The molecule has 1 N–H and O–H groups in total. The van der Waals surface area contributed by atoms with Gasteiger partial charge in [0.15, 0.2) is 0 Å². The van der Waals surface area contributed by atoms with Crippen LogP contribution >= 0.6 is 11.6 Å². The maximum atomic E-state index is 14.1. The molecule has 3 rings (SSSR count). The molecular formula is C30H33ClF3N3O4S. The molecule has 0 spiro atoms. The Morgan fingerprint density at radius 1 is 0.976 bits per heavy atom. The number of nitrogens with one attached hydrogen (secondary N) is 1. The van der Waals surface area contributed by atoms with Gasteiger partial charge in [0, 0.05) is 13.1 Å². The smallest absolute Gasteiger partial charge is 0.354 e. The van der Waals surface area contributed by atoms with Crippen LogP contribution in [0.2, 0.25) is 5.02 Å². The van der Waals surface area contributed by atoms with Crippen LogP contribution in [-0.2, 0) is 32.3 Å². The van der Waals surface area contributed by atoms with Crippen molar-refractivity contribution in [2.24, 2.45) is 0 Å². The van der Waals surface area contributed by atoms with E-state index >= 15 is 0 Å². The van der Waals surface area contributed by atoms with Crippen LogP contribution < -0.4 is 9.62 Å². The number of nitrogens with zero attached hydrogens (tertiary/aromatic N) is 2. The van der Waals surface area contributed by atoms with Gasteiger partial charge in [-0.25, -0.2) is 8.42 Å². The van der Waals surface area contributed by atoms with Crippen molar-refractivity contribution in [3.8, 4) is 0 Å². The molecule has 3 aromatic rings. The molecule has 0 aliphatic heterocycles. The minimum Gasteiger partial charge on any atom is -0.354 e. The first-order chi connectivity index (χ1) is 19.8. The molecule has 0 radical (unpaired) electrons. The van der Waals surface area contributed by atoms with Gasteiger partial charge in [-0.2, -0.15) is 13.2 Å². The van der Waals surface area contributed by atoms with Crippen molar-refractivity contribution in [2.45, 2.75) is 57.3 Å². The van der Waals surface area contributed by atoms with Crippen molar-refractivity contribution in [2.75, 3.05) is 17.4 Å². The quantitative estimate of drug-likeness (QED) is 0.260. The van der Waals surface area contributed by atoms with Gasteiger partial charge in [-0.05, 0) is 61.2 Å². The number of aryl methyl sites for hydroxylation is 1. The zero-order valence-electron chi connectivity index (χ0n) is 23.5. The number of benzene rings is 3. The topological polar surface area (TPSA) is 86.8 Å². The van der Waals surface area contributed by atoms with Crippen LogP contribution in [0.1, 0.15) is 43.4 Å². The number of halogens is 4. The second-order valence-electron chi connectivity index (χ2n) is 9.65. The van der Waals surface area contributed by atoms with E-state index in [0.29, 0.717) is 23.3 Å². The predicted molar refractivity (Wildman–Crippen MR) is 157 cm³/mol. The first kappa shape index (κ1) is 32.9. The molecule has 0 saturated heterocycles. The Morgan fingerprint density at radius 3 is 2.21 bits per heavy atom. The molecule has 3 aromatic carbocycles. The van der Waals surface area contributed by atoms with Crippen LogP contribution in [0.4, 0.5) is 18.9 Å². The SMILES string of the molecule is CCCNC(=O)C(CC)N(Cc1ccccc1C)C(=O)CN(c1cc(C(F)(F)F)ccc1Cl)S(=O)(=O)c1ccccc1. The van der Waals surface area contributed by atoms with E-state index in [0.717, 1.165) is 23.3 Å². The number of anilines is 1. The van der Waals surface area contributed by atoms with Crippen LogP contribution in [0, 0.1) is 6.92 Å². The molecule has 42 heavy (non-hydrogen) atoms. The summed E-state index contributed by atoms with van der Waals surface area (Å²) in [7, 11) is -4.58. The van der Waals surface area contributed by atoms with E-state index in [1.54, 1.807) is 25.1 Å². The standard InChI is InChI=1S/C30H33ClF3N3O4S/c1-4-17-35-29(39)26(5-2)36(19-22-12-10-9-11-21(22)3)28(38)20-37(42(40,41)24-13-7-6-8-14-24)27-18-23(30(32,33)34)15-16-25(27)31/h6-16,18,26H,4-5,17,19-20H2,1-3H3,(H,35,39). The van der Waals surface area contributed by atoms with E-state index in [2.05, 4.69) is 5.32 Å². The van der Waals surface area contributed by atoms with E-state index in [4.69, 9.17) is 11.6 Å². The number of sulfonamides is 1. The van der Waals surface area contributed by atoms with Crippen LogP contribution in [0.3, 0.4) is 0 Å². The molecular weight excluding hydrogens is 591 g/mol. The number of amides is 2. The third-order valence-electron chi connectivity index (χ3n) is 6.69. The Morgan fingerprint density at radius 2 is 1.62 bits per heavy atom. The maximum Gasteiger partial charge on any atom is 0.416 e. The average molecular weight is 624 g/mol. The summed E-state index contributed by atoms with van der Waals surface area (Å²) in [6.45, 7) is 4.88. The molecule has 226 valence electrons. The zero-order chi connectivity index (χ0) is 31.1. The molecule has 0 heterocycles. The molecule has 0 bridgehead atoms. The van der Waals surface area contributed by atoms with Crippen molar-refractivity contribution < 1.29 is 31.2 Å². The fourth-order valence-corrected chi connectivity index (χ4v) is 6.09. The highest BCUT2D eigenvalue weighted by Crippen LogP contribution is 2.37. The summed E-state index contributed by atoms with van der Waals surface area (Å²) in [5.41, 5.74) is -0.0799. The second-order valence-corrected chi connectivity index (χ2v) is 11.9.